The summed E-state index contributed by atoms with van der Waals surface area (Å²) in [5.41, 5.74) is 0.923. The number of aromatic nitrogens is 4. The van der Waals surface area contributed by atoms with Gasteiger partial charge in [0, 0.05) is 59.2 Å². The number of hydrogen-bond donors (Lipinski definition) is 3. The first-order valence-corrected chi connectivity index (χ1v) is 16.4. The first kappa shape index (κ1) is 30.0. The van der Waals surface area contributed by atoms with Crippen molar-refractivity contribution in [2.24, 2.45) is 12.4 Å². The van der Waals surface area contributed by atoms with E-state index >= 15 is 8.78 Å². The van der Waals surface area contributed by atoms with Crippen LogP contribution in [0.15, 0.2) is 60.8 Å². The maximum Gasteiger partial charge on any atom is 0.303 e. The fraction of sp³-hybridized carbons (Fsp3) is 0.368. The van der Waals surface area contributed by atoms with Crippen molar-refractivity contribution in [2.45, 2.75) is 71.1 Å². The minimum Gasteiger partial charge on any atom is -0.481 e. The Balaban J connectivity index is 1.53. The number of carboxylic acid groups (broad SMARTS) is 1. The van der Waals surface area contributed by atoms with Crippen LogP contribution >= 0.6 is 0 Å². The molecule has 0 aliphatic carbocycles. The molecule has 256 valence electrons. The largest absolute Gasteiger partial charge is 0.481 e. The molecule has 6 rings (SSSR count). The minimum absolute atomic E-state index is 0.0195. The lowest BCUT2D eigenvalue weighted by Gasteiger charge is -2.31. The summed E-state index contributed by atoms with van der Waals surface area (Å²) in [5.74, 6) is -2.87. The van der Waals surface area contributed by atoms with E-state index in [1.807, 2.05) is 45.0 Å². The molecule has 49 heavy (non-hydrogen) atoms. The van der Waals surface area contributed by atoms with Crippen molar-refractivity contribution in [1.29, 1.82) is 0 Å². The predicted octanol–water partition coefficient (Wildman–Crippen LogP) is 7.62. The highest BCUT2D eigenvalue weighted by atomic mass is 19.1. The summed E-state index contributed by atoms with van der Waals surface area (Å²) in [6, 6.07) is 14.1. The van der Waals surface area contributed by atoms with Crippen molar-refractivity contribution in [1.82, 2.24) is 25.1 Å². The van der Waals surface area contributed by atoms with Gasteiger partial charge in [0.15, 0.2) is 23.2 Å². The van der Waals surface area contributed by atoms with E-state index in [0.717, 1.165) is 21.9 Å². The fourth-order valence-corrected chi connectivity index (χ4v) is 6.54. The highest BCUT2D eigenvalue weighted by Crippen LogP contribution is 2.40. The van der Waals surface area contributed by atoms with E-state index in [2.05, 4.69) is 15.4 Å². The summed E-state index contributed by atoms with van der Waals surface area (Å²) in [4.78, 5) is 32.2. The third kappa shape index (κ3) is 7.21. The molecule has 0 fully saturated rings. The molecule has 3 heterocycles. The molecule has 3 aromatic carbocycles. The normalized spacial score (nSPS) is 19.6. The summed E-state index contributed by atoms with van der Waals surface area (Å²) in [6.45, 7) is 3.48. The second-order valence-corrected chi connectivity index (χ2v) is 13.7. The van der Waals surface area contributed by atoms with Gasteiger partial charge in [-0.2, -0.15) is 5.10 Å². The lowest BCUT2D eigenvalue weighted by molar-refractivity contribution is -0.137. The number of hydrogen-bond acceptors (Lipinski definition) is 5. The number of rotatable bonds is 4. The molecule has 3 N–H and O–H groups in total. The van der Waals surface area contributed by atoms with Crippen LogP contribution in [0.1, 0.15) is 79.5 Å². The van der Waals surface area contributed by atoms with Gasteiger partial charge < -0.3 is 20.1 Å². The number of aromatic amines is 1. The Morgan fingerprint density at radius 2 is 1.92 bits per heavy atom. The topological polar surface area (TPSA) is 122 Å². The van der Waals surface area contributed by atoms with E-state index in [1.54, 1.807) is 12.3 Å². The zero-order chi connectivity index (χ0) is 37.4. The Hall–Kier alpha value is -5.06. The average Bonchev–Trinajstić information content (AvgIpc) is 3.75. The number of carbonyl (C=O) groups is 2. The number of carboxylic acids is 1. The molecule has 0 saturated carbocycles. The highest BCUT2D eigenvalue weighted by molar-refractivity contribution is 5.86. The van der Waals surface area contributed by atoms with Crippen LogP contribution in [0.2, 0.25) is 0 Å². The highest BCUT2D eigenvalue weighted by Gasteiger charge is 2.35. The molecule has 0 spiro atoms. The molecule has 1 atom stereocenters. The van der Waals surface area contributed by atoms with Gasteiger partial charge in [-0.3, -0.25) is 9.59 Å². The molecule has 1 aliphatic heterocycles. The summed E-state index contributed by atoms with van der Waals surface area (Å²) in [5, 5.41) is 17.5. The third-order valence-corrected chi connectivity index (χ3v) is 9.45. The van der Waals surface area contributed by atoms with Gasteiger partial charge in [-0.15, -0.1) is 0 Å². The number of aryl methyl sites for hydroxylation is 3. The summed E-state index contributed by atoms with van der Waals surface area (Å²) < 4.78 is 63.4. The number of halogens is 2. The summed E-state index contributed by atoms with van der Waals surface area (Å²) in [6.07, 6.45) is 3.82. The van der Waals surface area contributed by atoms with Crippen LogP contribution in [0.25, 0.3) is 22.3 Å². The molecule has 2 aromatic heterocycles. The molecule has 0 radical (unpaired) electrons. The SMILES string of the molecule is [2H]C([2H])([2H])n1nc2nc1-c1cc(ccc1F)Oc1c(F)cc3[nH]ccc3c1CCC(=O)NCC(C)(C)CCC[C@@]2(C)c1cccc(CCC(=O)O)c1. The second-order valence-electron chi connectivity index (χ2n) is 13.7. The Morgan fingerprint density at radius 3 is 2.71 bits per heavy atom. The fourth-order valence-electron chi connectivity index (χ4n) is 6.54. The van der Waals surface area contributed by atoms with Crippen molar-refractivity contribution in [3.63, 3.8) is 0 Å². The molecule has 11 heteroatoms. The lowest BCUT2D eigenvalue weighted by Crippen LogP contribution is -2.34. The number of ether oxygens (including phenoxy) is 1. The summed E-state index contributed by atoms with van der Waals surface area (Å²) in [7, 11) is 0. The Kier molecular flexibility index (Phi) is 8.24. The standard InChI is InChI=1S/C38H41F2N5O4/c1-37(2)16-6-17-38(3,24-8-5-7-23(19-24)9-14-33(47)48)36-43-35(45(4)44-36)28-20-25(10-12-29(28)39)49-34-27(11-13-32(46)42-22-37)26-15-18-41-31(26)21-30(34)40/h5,7-8,10,12,15,18-21,41H,6,9,11,13-14,16-17,22H2,1-4H3,(H,42,46)(H,47,48)/t38-/m0/s1/i4D3. The van der Waals surface area contributed by atoms with Crippen LogP contribution in [0, 0.1) is 17.0 Å². The van der Waals surface area contributed by atoms with Crippen LogP contribution in [0.4, 0.5) is 8.78 Å². The molecule has 4 bridgehead atoms. The van der Waals surface area contributed by atoms with Gasteiger partial charge in [0.25, 0.3) is 0 Å². The van der Waals surface area contributed by atoms with Gasteiger partial charge in [0.1, 0.15) is 11.6 Å². The number of H-pyrrole nitrogens is 1. The van der Waals surface area contributed by atoms with Gasteiger partial charge in [-0.25, -0.2) is 18.4 Å². The van der Waals surface area contributed by atoms with Gasteiger partial charge >= 0.3 is 5.97 Å². The van der Waals surface area contributed by atoms with E-state index in [-0.39, 0.29) is 65.7 Å². The molecular weight excluding hydrogens is 628 g/mol. The number of nitrogens with one attached hydrogen (secondary N) is 2. The molecule has 0 saturated heterocycles. The molecule has 0 unspecified atom stereocenters. The van der Waals surface area contributed by atoms with Gasteiger partial charge in [0.2, 0.25) is 5.91 Å². The maximum atomic E-state index is 15.8. The lowest BCUT2D eigenvalue weighted by atomic mass is 9.75. The maximum absolute atomic E-state index is 15.8. The van der Waals surface area contributed by atoms with E-state index in [4.69, 9.17) is 13.8 Å². The van der Waals surface area contributed by atoms with Gasteiger partial charge in [0.05, 0.1) is 11.0 Å². The number of carbonyl (C=O) groups excluding carboxylic acids is 1. The molecule has 9 nitrogen and oxygen atoms in total. The van der Waals surface area contributed by atoms with Crippen molar-refractivity contribution in [3.8, 4) is 22.9 Å². The first-order valence-electron chi connectivity index (χ1n) is 17.9. The molecular formula is C38H41F2N5O4. The average molecular weight is 673 g/mol. The van der Waals surface area contributed by atoms with Crippen LogP contribution < -0.4 is 10.1 Å². The molecule has 1 amide bonds. The van der Waals surface area contributed by atoms with Gasteiger partial charge in [-0.05, 0) is 73.4 Å². The van der Waals surface area contributed by atoms with Crippen LogP contribution in [0.3, 0.4) is 0 Å². The van der Waals surface area contributed by atoms with Gasteiger partial charge in [-0.1, -0.05) is 44.5 Å². The zero-order valence-corrected chi connectivity index (χ0v) is 27.7. The number of benzene rings is 3. The summed E-state index contributed by atoms with van der Waals surface area (Å²) >= 11 is 0. The van der Waals surface area contributed by atoms with E-state index in [0.29, 0.717) is 42.3 Å². The van der Waals surface area contributed by atoms with Crippen LogP contribution in [-0.2, 0) is 34.8 Å². The number of nitrogens with zero attached hydrogens (tertiary/aromatic N) is 3. The van der Waals surface area contributed by atoms with Crippen LogP contribution in [-0.4, -0.2) is 43.3 Å². The second kappa shape index (κ2) is 13.4. The van der Waals surface area contributed by atoms with Crippen molar-refractivity contribution in [2.75, 3.05) is 6.54 Å². The predicted molar refractivity (Wildman–Crippen MR) is 183 cm³/mol. The monoisotopic (exact) mass is 672 g/mol. The minimum atomic E-state index is -2.86. The number of amides is 1. The Morgan fingerprint density at radius 1 is 1.08 bits per heavy atom. The van der Waals surface area contributed by atoms with E-state index in [9.17, 15) is 14.7 Å². The Labute approximate surface area is 287 Å². The molecule has 5 aromatic rings. The molecule has 1 aliphatic rings. The third-order valence-electron chi connectivity index (χ3n) is 9.45. The van der Waals surface area contributed by atoms with Crippen LogP contribution in [0.5, 0.6) is 11.5 Å². The number of aliphatic carboxylic acids is 1. The number of fused-ring (bicyclic) bond motifs is 8. The van der Waals surface area contributed by atoms with Crippen molar-refractivity contribution in [3.05, 3.63) is 94.9 Å². The smallest absolute Gasteiger partial charge is 0.303 e. The van der Waals surface area contributed by atoms with E-state index in [1.165, 1.54) is 18.2 Å². The van der Waals surface area contributed by atoms with Crippen molar-refractivity contribution >= 4 is 22.8 Å². The Bertz CT molecular complexity index is 2140. The van der Waals surface area contributed by atoms with E-state index < -0.39 is 30.0 Å². The first-order chi connectivity index (χ1) is 24.5. The zero-order valence-electron chi connectivity index (χ0n) is 30.7. The quantitative estimate of drug-likeness (QED) is 0.181. The van der Waals surface area contributed by atoms with Crippen molar-refractivity contribution < 1.29 is 32.3 Å².